The summed E-state index contributed by atoms with van der Waals surface area (Å²) in [5.74, 6) is 6.46. The lowest BCUT2D eigenvalue weighted by atomic mass is 9.72. The van der Waals surface area contributed by atoms with E-state index in [1.54, 1.807) is 21.0 Å². The molecule has 0 aromatic heterocycles. The van der Waals surface area contributed by atoms with E-state index in [9.17, 15) is 4.79 Å². The van der Waals surface area contributed by atoms with Gasteiger partial charge in [0, 0.05) is 24.3 Å². The molecule has 1 heterocycles. The van der Waals surface area contributed by atoms with E-state index < -0.39 is 11.0 Å². The normalized spacial score (nSPS) is 20.4. The molecule has 3 heteroatoms. The Hall–Kier alpha value is -3.35. The Labute approximate surface area is 171 Å². The van der Waals surface area contributed by atoms with E-state index in [0.29, 0.717) is 5.76 Å². The average Bonchev–Trinajstić information content (AvgIpc) is 2.75. The molecule has 3 nitrogen and oxygen atoms in total. The van der Waals surface area contributed by atoms with Crippen molar-refractivity contribution in [2.24, 2.45) is 5.41 Å². The van der Waals surface area contributed by atoms with E-state index >= 15 is 0 Å². The van der Waals surface area contributed by atoms with Gasteiger partial charge in [-0.25, -0.2) is 0 Å². The summed E-state index contributed by atoms with van der Waals surface area (Å²) in [5.41, 5.74) is -0.405. The van der Waals surface area contributed by atoms with Crippen LogP contribution in [0.1, 0.15) is 25.0 Å². The number of fused-ring (bicyclic) bond motifs is 1. The van der Waals surface area contributed by atoms with E-state index in [0.717, 1.165) is 21.9 Å². The number of hydrogen-bond acceptors (Lipinski definition) is 3. The highest BCUT2D eigenvalue weighted by molar-refractivity contribution is 5.91. The second-order valence-electron chi connectivity index (χ2n) is 7.64. The number of esters is 1. The lowest BCUT2D eigenvalue weighted by molar-refractivity contribution is -0.159. The molecule has 0 bridgehead atoms. The van der Waals surface area contributed by atoms with Gasteiger partial charge in [0.1, 0.15) is 11.2 Å². The number of benzene rings is 3. The Balaban J connectivity index is 1.85. The Morgan fingerprint density at radius 2 is 1.59 bits per heavy atom. The first-order valence-corrected chi connectivity index (χ1v) is 9.53. The zero-order valence-corrected chi connectivity index (χ0v) is 16.7. The predicted octanol–water partition coefficient (Wildman–Crippen LogP) is 5.20. The van der Waals surface area contributed by atoms with Crippen LogP contribution < -0.4 is 0 Å². The van der Waals surface area contributed by atoms with Gasteiger partial charge in [-0.1, -0.05) is 66.4 Å². The van der Waals surface area contributed by atoms with Crippen LogP contribution >= 0.6 is 0 Å². The van der Waals surface area contributed by atoms with Crippen LogP contribution in [-0.4, -0.2) is 18.7 Å². The molecule has 3 aromatic rings. The first kappa shape index (κ1) is 19.0. The smallest absolute Gasteiger partial charge is 0.321 e. The molecule has 3 aromatic carbocycles. The summed E-state index contributed by atoms with van der Waals surface area (Å²) >= 11 is 0. The number of ether oxygens (including phenoxy) is 2. The highest BCUT2D eigenvalue weighted by Gasteiger charge is 2.53. The number of carbonyl (C=O) groups is 1. The Morgan fingerprint density at radius 1 is 0.897 bits per heavy atom. The summed E-state index contributed by atoms with van der Waals surface area (Å²) in [4.78, 5) is 12.9. The largest absolute Gasteiger partial charge is 0.426 e. The van der Waals surface area contributed by atoms with Crippen LogP contribution in [0.25, 0.3) is 16.5 Å². The van der Waals surface area contributed by atoms with Gasteiger partial charge >= 0.3 is 5.97 Å². The number of carbonyl (C=O) groups excluding carboxylic acids is 1. The van der Waals surface area contributed by atoms with Gasteiger partial charge < -0.3 is 9.47 Å². The highest BCUT2D eigenvalue weighted by Crippen LogP contribution is 2.43. The monoisotopic (exact) mass is 382 g/mol. The lowest BCUT2D eigenvalue weighted by Gasteiger charge is -2.41. The van der Waals surface area contributed by atoms with Crippen LogP contribution in [-0.2, 0) is 14.3 Å². The second-order valence-corrected chi connectivity index (χ2v) is 7.64. The molecule has 1 atom stereocenters. The SMILES string of the molecule is COC1(C#Cc2ccccc2)C=C(c2ccc3ccccc3c2)OC(=O)C1(C)C. The summed E-state index contributed by atoms with van der Waals surface area (Å²) in [6.45, 7) is 3.60. The standard InChI is InChI=1S/C26H22O3/c1-25(2)24(27)29-23(22-14-13-20-11-7-8-12-21(20)17-22)18-26(25,28-3)16-15-19-9-5-4-6-10-19/h4-14,17-18H,1-3H3. The summed E-state index contributed by atoms with van der Waals surface area (Å²) < 4.78 is 11.6. The molecular formula is C26H22O3. The molecule has 0 saturated carbocycles. The summed E-state index contributed by atoms with van der Waals surface area (Å²) in [6, 6.07) is 23.7. The van der Waals surface area contributed by atoms with Crippen LogP contribution in [0.2, 0.25) is 0 Å². The van der Waals surface area contributed by atoms with Gasteiger partial charge in [-0.15, -0.1) is 0 Å². The molecule has 1 unspecified atom stereocenters. The van der Waals surface area contributed by atoms with Crippen molar-refractivity contribution in [3.63, 3.8) is 0 Å². The van der Waals surface area contributed by atoms with Crippen LogP contribution in [0.4, 0.5) is 0 Å². The van der Waals surface area contributed by atoms with E-state index in [-0.39, 0.29) is 5.97 Å². The molecule has 0 spiro atoms. The molecule has 1 aliphatic heterocycles. The minimum absolute atomic E-state index is 0.368. The second kappa shape index (κ2) is 7.24. The quantitative estimate of drug-likeness (QED) is 0.451. The minimum Gasteiger partial charge on any atom is -0.426 e. The van der Waals surface area contributed by atoms with Crippen LogP contribution in [0.5, 0.6) is 0 Å². The molecule has 144 valence electrons. The third kappa shape index (κ3) is 3.33. The topological polar surface area (TPSA) is 35.5 Å². The predicted molar refractivity (Wildman–Crippen MR) is 115 cm³/mol. The summed E-state index contributed by atoms with van der Waals surface area (Å²) in [7, 11) is 1.58. The molecule has 0 aliphatic carbocycles. The molecule has 0 radical (unpaired) electrons. The fourth-order valence-electron chi connectivity index (χ4n) is 3.50. The molecular weight excluding hydrogens is 360 g/mol. The maximum Gasteiger partial charge on any atom is 0.321 e. The van der Waals surface area contributed by atoms with Gasteiger partial charge in [0.25, 0.3) is 0 Å². The van der Waals surface area contributed by atoms with Gasteiger partial charge in [-0.2, -0.15) is 0 Å². The molecule has 0 fully saturated rings. The molecule has 1 aliphatic rings. The highest BCUT2D eigenvalue weighted by atomic mass is 16.6. The van der Waals surface area contributed by atoms with Crippen molar-refractivity contribution in [2.45, 2.75) is 19.4 Å². The maximum atomic E-state index is 12.9. The fraction of sp³-hybridized carbons (Fsp3) is 0.192. The van der Waals surface area contributed by atoms with Crippen LogP contribution in [0.3, 0.4) is 0 Å². The Morgan fingerprint density at radius 3 is 2.31 bits per heavy atom. The first-order chi connectivity index (χ1) is 13.9. The third-order valence-electron chi connectivity index (χ3n) is 5.50. The van der Waals surface area contributed by atoms with Crippen molar-refractivity contribution in [3.05, 3.63) is 90.0 Å². The van der Waals surface area contributed by atoms with Crippen LogP contribution in [0, 0.1) is 17.3 Å². The van der Waals surface area contributed by atoms with E-state index in [1.165, 1.54) is 0 Å². The van der Waals surface area contributed by atoms with Crippen molar-refractivity contribution in [1.29, 1.82) is 0 Å². The van der Waals surface area contributed by atoms with E-state index in [2.05, 4.69) is 11.8 Å². The molecule has 4 rings (SSSR count). The molecule has 0 amide bonds. The van der Waals surface area contributed by atoms with Gasteiger partial charge in [-0.05, 0) is 42.8 Å². The van der Waals surface area contributed by atoms with Crippen molar-refractivity contribution in [1.82, 2.24) is 0 Å². The zero-order valence-electron chi connectivity index (χ0n) is 16.7. The number of hydrogen-bond donors (Lipinski definition) is 0. The van der Waals surface area contributed by atoms with Gasteiger partial charge in [-0.3, -0.25) is 4.79 Å². The average molecular weight is 382 g/mol. The van der Waals surface area contributed by atoms with Gasteiger partial charge in [0.2, 0.25) is 0 Å². The fourth-order valence-corrected chi connectivity index (χ4v) is 3.50. The van der Waals surface area contributed by atoms with Crippen molar-refractivity contribution >= 4 is 22.5 Å². The zero-order chi connectivity index (χ0) is 20.5. The number of rotatable bonds is 2. The van der Waals surface area contributed by atoms with Gasteiger partial charge in [0.05, 0.1) is 0 Å². The maximum absolute atomic E-state index is 12.9. The summed E-state index contributed by atoms with van der Waals surface area (Å²) in [6.07, 6.45) is 1.83. The Bertz CT molecular complexity index is 1160. The lowest BCUT2D eigenvalue weighted by Crippen LogP contribution is -2.52. The number of cyclic esters (lactones) is 1. The van der Waals surface area contributed by atoms with E-state index in [1.807, 2.05) is 78.9 Å². The Kier molecular flexibility index (Phi) is 4.74. The van der Waals surface area contributed by atoms with E-state index in [4.69, 9.17) is 9.47 Å². The van der Waals surface area contributed by atoms with Gasteiger partial charge in [0.15, 0.2) is 5.60 Å². The minimum atomic E-state index is -1.11. The van der Waals surface area contributed by atoms with Crippen LogP contribution in [0.15, 0.2) is 78.9 Å². The third-order valence-corrected chi connectivity index (χ3v) is 5.50. The molecule has 0 saturated heterocycles. The number of methoxy groups -OCH3 is 1. The molecule has 29 heavy (non-hydrogen) atoms. The molecule has 0 N–H and O–H groups in total. The first-order valence-electron chi connectivity index (χ1n) is 9.53. The van der Waals surface area contributed by atoms with Crippen molar-refractivity contribution in [2.75, 3.05) is 7.11 Å². The van der Waals surface area contributed by atoms with Crippen molar-refractivity contribution in [3.8, 4) is 11.8 Å². The van der Waals surface area contributed by atoms with Crippen molar-refractivity contribution < 1.29 is 14.3 Å². The summed E-state index contributed by atoms with van der Waals surface area (Å²) in [5, 5.41) is 2.20.